The van der Waals surface area contributed by atoms with E-state index in [0.717, 1.165) is 0 Å². The van der Waals surface area contributed by atoms with Gasteiger partial charge in [-0.2, -0.15) is 0 Å². The zero-order valence-electron chi connectivity index (χ0n) is 9.65. The van der Waals surface area contributed by atoms with Gasteiger partial charge in [-0.05, 0) is 20.8 Å². The van der Waals surface area contributed by atoms with Crippen LogP contribution in [-0.2, 0) is 9.59 Å². The Kier molecular flexibility index (Phi) is 4.90. The first-order valence-electron chi connectivity index (χ1n) is 4.82. The van der Waals surface area contributed by atoms with Crippen LogP contribution in [0.2, 0.25) is 0 Å². The third kappa shape index (κ3) is 5.49. The molecule has 0 heterocycles. The maximum absolute atomic E-state index is 11.4. The van der Waals surface area contributed by atoms with Gasteiger partial charge in [-0.25, -0.2) is 0 Å². The van der Waals surface area contributed by atoms with E-state index in [1.54, 1.807) is 6.92 Å². The Morgan fingerprint density at radius 3 is 2.20 bits per heavy atom. The lowest BCUT2D eigenvalue weighted by molar-refractivity contribution is -0.142. The van der Waals surface area contributed by atoms with Crippen LogP contribution in [0.1, 0.15) is 27.2 Å². The molecule has 0 aliphatic heterocycles. The van der Waals surface area contributed by atoms with Crippen molar-refractivity contribution in [2.24, 2.45) is 0 Å². The Hall–Kier alpha value is -0.940. The van der Waals surface area contributed by atoms with Crippen molar-refractivity contribution < 1.29 is 19.8 Å². The van der Waals surface area contributed by atoms with E-state index >= 15 is 0 Å². The van der Waals surface area contributed by atoms with Crippen LogP contribution in [0.5, 0.6) is 0 Å². The minimum Gasteiger partial charge on any atom is -0.392 e. The summed E-state index contributed by atoms with van der Waals surface area (Å²) in [6.07, 6.45) is -0.969. The Bertz CT molecular complexity index is 242. The average molecular weight is 217 g/mol. The van der Waals surface area contributed by atoms with Crippen molar-refractivity contribution >= 4 is 11.7 Å². The largest absolute Gasteiger partial charge is 0.392 e. The van der Waals surface area contributed by atoms with Crippen molar-refractivity contribution in [1.82, 2.24) is 4.90 Å². The molecule has 15 heavy (non-hydrogen) atoms. The van der Waals surface area contributed by atoms with E-state index in [0.29, 0.717) is 0 Å². The molecule has 88 valence electrons. The van der Waals surface area contributed by atoms with Crippen molar-refractivity contribution in [1.29, 1.82) is 0 Å². The number of Topliss-reactive ketones (excluding diaryl/α,β-unsaturated/α-hetero) is 1. The molecule has 5 heteroatoms. The molecule has 0 bridgehead atoms. The highest BCUT2D eigenvalue weighted by Crippen LogP contribution is 2.07. The molecule has 0 saturated carbocycles. The Labute approximate surface area is 89.7 Å². The van der Waals surface area contributed by atoms with Crippen LogP contribution < -0.4 is 0 Å². The van der Waals surface area contributed by atoms with E-state index < -0.39 is 23.4 Å². The van der Waals surface area contributed by atoms with Crippen molar-refractivity contribution in [3.05, 3.63) is 0 Å². The lowest BCUT2D eigenvalue weighted by atomic mass is 10.0. The number of carbonyl (C=O) groups excluding carboxylic acids is 2. The van der Waals surface area contributed by atoms with Gasteiger partial charge in [0.05, 0.1) is 12.5 Å². The number of aliphatic hydroxyl groups excluding tert-OH is 1. The minimum atomic E-state index is -1.48. The number of aliphatic hydroxyl groups is 2. The number of hydrogen-bond acceptors (Lipinski definition) is 4. The molecule has 5 nitrogen and oxygen atoms in total. The molecule has 0 spiro atoms. The molecule has 0 fully saturated rings. The van der Waals surface area contributed by atoms with E-state index in [2.05, 4.69) is 0 Å². The summed E-state index contributed by atoms with van der Waals surface area (Å²) in [6.45, 7) is 4.42. The first kappa shape index (κ1) is 14.1. The molecule has 0 aromatic carbocycles. The zero-order valence-corrected chi connectivity index (χ0v) is 9.65. The van der Waals surface area contributed by atoms with Crippen LogP contribution >= 0.6 is 0 Å². The standard InChI is InChI=1S/C10H19NO4/c1-7(12)6-11(4)9(14)5-8(13)10(2,3)15/h7,12,15H,5-6H2,1-4H3. The fourth-order valence-corrected chi connectivity index (χ4v) is 0.987. The van der Waals surface area contributed by atoms with Gasteiger partial charge in [0.1, 0.15) is 5.60 Å². The van der Waals surface area contributed by atoms with Gasteiger partial charge in [-0.3, -0.25) is 9.59 Å². The predicted octanol–water partition coefficient (Wildman–Crippen LogP) is -0.444. The van der Waals surface area contributed by atoms with Crippen molar-refractivity contribution in [3.63, 3.8) is 0 Å². The van der Waals surface area contributed by atoms with E-state index in [1.165, 1.54) is 25.8 Å². The number of amides is 1. The van der Waals surface area contributed by atoms with Crippen LogP contribution in [-0.4, -0.2) is 52.1 Å². The predicted molar refractivity (Wildman–Crippen MR) is 55.2 cm³/mol. The second-order valence-electron chi connectivity index (χ2n) is 4.28. The van der Waals surface area contributed by atoms with Gasteiger partial charge in [0, 0.05) is 13.6 Å². The van der Waals surface area contributed by atoms with Gasteiger partial charge in [-0.15, -0.1) is 0 Å². The molecule has 2 N–H and O–H groups in total. The molecule has 0 aromatic heterocycles. The number of ketones is 1. The van der Waals surface area contributed by atoms with Crippen molar-refractivity contribution in [2.75, 3.05) is 13.6 Å². The zero-order chi connectivity index (χ0) is 12.2. The summed E-state index contributed by atoms with van der Waals surface area (Å²) in [5, 5.41) is 18.4. The average Bonchev–Trinajstić information content (AvgIpc) is 2.00. The second kappa shape index (κ2) is 5.23. The summed E-state index contributed by atoms with van der Waals surface area (Å²) in [5.41, 5.74) is -1.48. The van der Waals surface area contributed by atoms with E-state index in [9.17, 15) is 14.7 Å². The third-order valence-electron chi connectivity index (χ3n) is 1.96. The number of rotatable bonds is 5. The summed E-state index contributed by atoms with van der Waals surface area (Å²) >= 11 is 0. The number of hydrogen-bond donors (Lipinski definition) is 2. The highest BCUT2D eigenvalue weighted by Gasteiger charge is 2.27. The van der Waals surface area contributed by atoms with Crippen molar-refractivity contribution in [2.45, 2.75) is 38.9 Å². The maximum Gasteiger partial charge on any atom is 0.229 e. The Balaban J connectivity index is 4.20. The minimum absolute atomic E-state index is 0.179. The van der Waals surface area contributed by atoms with Gasteiger partial charge >= 0.3 is 0 Å². The fourth-order valence-electron chi connectivity index (χ4n) is 0.987. The van der Waals surface area contributed by atoms with Gasteiger partial charge in [0.15, 0.2) is 5.78 Å². The number of nitrogens with zero attached hydrogens (tertiary/aromatic N) is 1. The van der Waals surface area contributed by atoms with Gasteiger partial charge in [0.25, 0.3) is 0 Å². The summed E-state index contributed by atoms with van der Waals surface area (Å²) < 4.78 is 0. The van der Waals surface area contributed by atoms with Gasteiger partial charge in [-0.1, -0.05) is 0 Å². The summed E-state index contributed by atoms with van der Waals surface area (Å²) in [4.78, 5) is 24.0. The molecule has 1 amide bonds. The molecule has 0 aliphatic rings. The first-order valence-corrected chi connectivity index (χ1v) is 4.82. The molecule has 1 unspecified atom stereocenters. The molecule has 0 aromatic rings. The Morgan fingerprint density at radius 1 is 1.40 bits per heavy atom. The van der Waals surface area contributed by atoms with Crippen LogP contribution in [0.25, 0.3) is 0 Å². The van der Waals surface area contributed by atoms with Gasteiger partial charge < -0.3 is 15.1 Å². The molecule has 0 aliphatic carbocycles. The molecular formula is C10H19NO4. The fraction of sp³-hybridized carbons (Fsp3) is 0.800. The topological polar surface area (TPSA) is 77.8 Å². The normalized spacial score (nSPS) is 13.5. The van der Waals surface area contributed by atoms with E-state index in [-0.39, 0.29) is 13.0 Å². The SMILES string of the molecule is CC(O)CN(C)C(=O)CC(=O)C(C)(C)O. The molecule has 1 atom stereocenters. The lowest BCUT2D eigenvalue weighted by Crippen LogP contribution is -2.39. The molecule has 0 saturated heterocycles. The molecular weight excluding hydrogens is 198 g/mol. The number of carbonyl (C=O) groups is 2. The van der Waals surface area contributed by atoms with E-state index in [4.69, 9.17) is 5.11 Å². The first-order chi connectivity index (χ1) is 6.64. The van der Waals surface area contributed by atoms with Crippen LogP contribution in [0.3, 0.4) is 0 Å². The maximum atomic E-state index is 11.4. The third-order valence-corrected chi connectivity index (χ3v) is 1.96. The van der Waals surface area contributed by atoms with Crippen LogP contribution in [0.4, 0.5) is 0 Å². The van der Waals surface area contributed by atoms with Crippen LogP contribution in [0.15, 0.2) is 0 Å². The van der Waals surface area contributed by atoms with Gasteiger partial charge in [0.2, 0.25) is 5.91 Å². The number of likely N-dealkylation sites (N-methyl/N-ethyl adjacent to an activating group) is 1. The molecule has 0 radical (unpaired) electrons. The molecule has 0 rings (SSSR count). The quantitative estimate of drug-likeness (QED) is 0.612. The lowest BCUT2D eigenvalue weighted by Gasteiger charge is -2.21. The van der Waals surface area contributed by atoms with Crippen molar-refractivity contribution in [3.8, 4) is 0 Å². The Morgan fingerprint density at radius 2 is 1.87 bits per heavy atom. The second-order valence-corrected chi connectivity index (χ2v) is 4.28. The highest BCUT2D eigenvalue weighted by atomic mass is 16.3. The van der Waals surface area contributed by atoms with E-state index in [1.807, 2.05) is 0 Å². The summed E-state index contributed by atoms with van der Waals surface area (Å²) in [6, 6.07) is 0. The summed E-state index contributed by atoms with van der Waals surface area (Å²) in [5.74, 6) is -0.923. The smallest absolute Gasteiger partial charge is 0.229 e. The highest BCUT2D eigenvalue weighted by molar-refractivity contribution is 6.01. The summed E-state index contributed by atoms with van der Waals surface area (Å²) in [7, 11) is 1.51. The van der Waals surface area contributed by atoms with Crippen LogP contribution in [0, 0.1) is 0 Å². The monoisotopic (exact) mass is 217 g/mol.